The second kappa shape index (κ2) is 3.25. The molecule has 0 radical (unpaired) electrons. The van der Waals surface area contributed by atoms with Gasteiger partial charge in [-0.3, -0.25) is 0 Å². The number of aryl methyl sites for hydroxylation is 1. The lowest BCUT2D eigenvalue weighted by Crippen LogP contribution is -2.04. The van der Waals surface area contributed by atoms with Crippen LogP contribution in [0.3, 0.4) is 0 Å². The largest absolute Gasteiger partial charge is 0.382 e. The van der Waals surface area contributed by atoms with Crippen molar-refractivity contribution in [2.75, 3.05) is 5.73 Å². The van der Waals surface area contributed by atoms with Gasteiger partial charge in [0.05, 0.1) is 11.4 Å². The first kappa shape index (κ1) is 8.94. The fraction of sp³-hybridized carbons (Fsp3) is 0.556. The zero-order valence-electron chi connectivity index (χ0n) is 7.55. The van der Waals surface area contributed by atoms with Gasteiger partial charge >= 0.3 is 0 Å². The van der Waals surface area contributed by atoms with Crippen LogP contribution >= 0.6 is 15.9 Å². The van der Waals surface area contributed by atoms with Crippen molar-refractivity contribution in [1.29, 1.82) is 0 Å². The summed E-state index contributed by atoms with van der Waals surface area (Å²) >= 11 is 3.41. The van der Waals surface area contributed by atoms with E-state index >= 15 is 0 Å². The molecule has 0 atom stereocenters. The van der Waals surface area contributed by atoms with Gasteiger partial charge in [0, 0.05) is 5.92 Å². The maximum absolute atomic E-state index is 5.81. The van der Waals surface area contributed by atoms with E-state index in [9.17, 15) is 0 Å². The highest BCUT2D eigenvalue weighted by Gasteiger charge is 2.28. The van der Waals surface area contributed by atoms with Gasteiger partial charge in [-0.2, -0.15) is 0 Å². The molecule has 2 rings (SSSR count). The molecule has 1 aliphatic carbocycles. The molecule has 1 aromatic rings. The van der Waals surface area contributed by atoms with E-state index in [0.29, 0.717) is 11.7 Å². The van der Waals surface area contributed by atoms with Crippen molar-refractivity contribution >= 4 is 21.7 Å². The molecule has 1 aliphatic rings. The van der Waals surface area contributed by atoms with E-state index < -0.39 is 0 Å². The van der Waals surface area contributed by atoms with Crippen LogP contribution in [0.2, 0.25) is 0 Å². The topological polar surface area (TPSA) is 51.8 Å². The van der Waals surface area contributed by atoms with Crippen LogP contribution in [0.4, 0.5) is 5.82 Å². The second-order valence-corrected chi connectivity index (χ2v) is 4.11. The van der Waals surface area contributed by atoms with E-state index in [2.05, 4.69) is 25.9 Å². The summed E-state index contributed by atoms with van der Waals surface area (Å²) in [6.45, 7) is 2.05. The highest BCUT2D eigenvalue weighted by Crippen LogP contribution is 2.41. The van der Waals surface area contributed by atoms with Crippen molar-refractivity contribution < 1.29 is 0 Å². The van der Waals surface area contributed by atoms with Gasteiger partial charge in [0.1, 0.15) is 10.4 Å². The molecule has 2 N–H and O–H groups in total. The summed E-state index contributed by atoms with van der Waals surface area (Å²) in [5.74, 6) is 1.18. The van der Waals surface area contributed by atoms with E-state index in [1.165, 1.54) is 12.8 Å². The highest BCUT2D eigenvalue weighted by molar-refractivity contribution is 9.10. The molecule has 1 saturated carbocycles. The molecule has 0 amide bonds. The lowest BCUT2D eigenvalue weighted by Gasteiger charge is -2.06. The number of nitrogens with zero attached hydrogens (tertiary/aromatic N) is 2. The molecule has 0 aromatic carbocycles. The lowest BCUT2D eigenvalue weighted by atomic mass is 10.2. The van der Waals surface area contributed by atoms with Gasteiger partial charge in [-0.1, -0.05) is 6.92 Å². The van der Waals surface area contributed by atoms with Crippen molar-refractivity contribution in [3.05, 3.63) is 16.0 Å². The van der Waals surface area contributed by atoms with E-state index in [0.717, 1.165) is 22.4 Å². The smallest absolute Gasteiger partial charge is 0.145 e. The second-order valence-electron chi connectivity index (χ2n) is 3.36. The van der Waals surface area contributed by atoms with E-state index in [-0.39, 0.29) is 0 Å². The van der Waals surface area contributed by atoms with Gasteiger partial charge in [-0.15, -0.1) is 0 Å². The molecule has 0 bridgehead atoms. The van der Waals surface area contributed by atoms with Crippen molar-refractivity contribution in [2.24, 2.45) is 0 Å². The van der Waals surface area contributed by atoms with Gasteiger partial charge in [0.25, 0.3) is 0 Å². The number of nitrogen functional groups attached to an aromatic ring is 1. The third-order valence-corrected chi connectivity index (χ3v) is 2.91. The molecule has 1 fully saturated rings. The number of anilines is 1. The summed E-state index contributed by atoms with van der Waals surface area (Å²) in [6, 6.07) is 0. The van der Waals surface area contributed by atoms with Gasteiger partial charge in [0.15, 0.2) is 0 Å². The lowest BCUT2D eigenvalue weighted by molar-refractivity contribution is 0.920. The number of aromatic nitrogens is 2. The molecule has 0 spiro atoms. The van der Waals surface area contributed by atoms with Crippen LogP contribution in [-0.4, -0.2) is 9.97 Å². The molecule has 3 nitrogen and oxygen atoms in total. The molecule has 0 aliphatic heterocycles. The number of halogens is 1. The minimum Gasteiger partial charge on any atom is -0.382 e. The Bertz CT molecular complexity index is 334. The summed E-state index contributed by atoms with van der Waals surface area (Å²) in [5, 5.41) is 0. The van der Waals surface area contributed by atoms with Gasteiger partial charge in [0.2, 0.25) is 0 Å². The molecule has 1 heterocycles. The predicted octanol–water partition coefficient (Wildman–Crippen LogP) is 2.26. The quantitative estimate of drug-likeness (QED) is 0.865. The minimum absolute atomic E-state index is 0.565. The predicted molar refractivity (Wildman–Crippen MR) is 55.5 cm³/mol. The third-order valence-electron chi connectivity index (χ3n) is 2.27. The SMILES string of the molecule is CCc1nc(N)c(C2CC2)nc1Br. The minimum atomic E-state index is 0.565. The Morgan fingerprint density at radius 3 is 2.69 bits per heavy atom. The zero-order chi connectivity index (χ0) is 9.42. The van der Waals surface area contributed by atoms with Crippen LogP contribution in [0.25, 0.3) is 0 Å². The molecule has 70 valence electrons. The molecule has 0 unspecified atom stereocenters. The zero-order valence-corrected chi connectivity index (χ0v) is 9.13. The Morgan fingerprint density at radius 2 is 2.15 bits per heavy atom. The van der Waals surface area contributed by atoms with Crippen LogP contribution in [0.15, 0.2) is 4.60 Å². The first-order valence-corrected chi connectivity index (χ1v) is 5.33. The van der Waals surface area contributed by atoms with E-state index in [4.69, 9.17) is 5.73 Å². The highest BCUT2D eigenvalue weighted by atomic mass is 79.9. The molecule has 4 heteroatoms. The number of hydrogen-bond acceptors (Lipinski definition) is 3. The van der Waals surface area contributed by atoms with Gasteiger partial charge < -0.3 is 5.73 Å². The third kappa shape index (κ3) is 1.68. The number of hydrogen-bond donors (Lipinski definition) is 1. The van der Waals surface area contributed by atoms with Crippen LogP contribution in [0, 0.1) is 0 Å². The summed E-state index contributed by atoms with van der Waals surface area (Å²) in [7, 11) is 0. The van der Waals surface area contributed by atoms with Crippen LogP contribution in [0.5, 0.6) is 0 Å². The molecule has 1 aromatic heterocycles. The first-order valence-electron chi connectivity index (χ1n) is 4.54. The van der Waals surface area contributed by atoms with Gasteiger partial charge in [-0.05, 0) is 35.2 Å². The first-order chi connectivity index (χ1) is 6.22. The Balaban J connectivity index is 2.42. The normalized spacial score (nSPS) is 16.2. The Kier molecular flexibility index (Phi) is 2.24. The van der Waals surface area contributed by atoms with Crippen molar-refractivity contribution in [3.8, 4) is 0 Å². The number of rotatable bonds is 2. The average Bonchev–Trinajstić information content (AvgIpc) is 2.91. The van der Waals surface area contributed by atoms with Crippen molar-refractivity contribution in [1.82, 2.24) is 9.97 Å². The van der Waals surface area contributed by atoms with Crippen LogP contribution in [0.1, 0.15) is 37.1 Å². The monoisotopic (exact) mass is 241 g/mol. The molecular formula is C9H12BrN3. The Labute approximate surface area is 85.9 Å². The molecule has 13 heavy (non-hydrogen) atoms. The van der Waals surface area contributed by atoms with Crippen LogP contribution < -0.4 is 5.73 Å². The summed E-state index contributed by atoms with van der Waals surface area (Å²) in [5.41, 5.74) is 7.73. The summed E-state index contributed by atoms with van der Waals surface area (Å²) in [6.07, 6.45) is 3.27. The van der Waals surface area contributed by atoms with Crippen molar-refractivity contribution in [2.45, 2.75) is 32.1 Å². The summed E-state index contributed by atoms with van der Waals surface area (Å²) < 4.78 is 0.853. The number of nitrogens with two attached hydrogens (primary N) is 1. The van der Waals surface area contributed by atoms with E-state index in [1.807, 2.05) is 6.92 Å². The molecular weight excluding hydrogens is 230 g/mol. The summed E-state index contributed by atoms with van der Waals surface area (Å²) in [4.78, 5) is 8.76. The van der Waals surface area contributed by atoms with E-state index in [1.54, 1.807) is 0 Å². The average molecular weight is 242 g/mol. The Morgan fingerprint density at radius 1 is 1.46 bits per heavy atom. The molecule has 0 saturated heterocycles. The maximum Gasteiger partial charge on any atom is 0.145 e. The fourth-order valence-corrected chi connectivity index (χ4v) is 1.92. The van der Waals surface area contributed by atoms with Gasteiger partial charge in [-0.25, -0.2) is 9.97 Å². The van der Waals surface area contributed by atoms with Crippen molar-refractivity contribution in [3.63, 3.8) is 0 Å². The standard InChI is InChI=1S/C9H12BrN3/c1-2-6-8(10)13-7(5-3-4-5)9(11)12-6/h5H,2-4H2,1H3,(H2,11,12). The fourth-order valence-electron chi connectivity index (χ4n) is 1.36. The maximum atomic E-state index is 5.81. The Hall–Kier alpha value is -0.640. The van der Waals surface area contributed by atoms with Crippen LogP contribution in [-0.2, 0) is 6.42 Å².